The van der Waals surface area contributed by atoms with Crippen LogP contribution in [0.5, 0.6) is 5.75 Å². The lowest BCUT2D eigenvalue weighted by Gasteiger charge is -2.11. The molecule has 2 aromatic carbocycles. The SMILES string of the molecule is Cc1c(NC(=O)COc2ccc(Cl)cc2Cl)cccc1C(=O)O. The van der Waals surface area contributed by atoms with Gasteiger partial charge in [0.25, 0.3) is 5.91 Å². The van der Waals surface area contributed by atoms with E-state index in [0.717, 1.165) is 0 Å². The van der Waals surface area contributed by atoms with Gasteiger partial charge in [0.2, 0.25) is 0 Å². The highest BCUT2D eigenvalue weighted by atomic mass is 35.5. The van der Waals surface area contributed by atoms with Crippen molar-refractivity contribution >= 4 is 40.8 Å². The quantitative estimate of drug-likeness (QED) is 0.851. The molecule has 23 heavy (non-hydrogen) atoms. The minimum absolute atomic E-state index is 0.129. The zero-order valence-corrected chi connectivity index (χ0v) is 13.6. The van der Waals surface area contributed by atoms with E-state index >= 15 is 0 Å². The Balaban J connectivity index is 2.03. The fourth-order valence-electron chi connectivity index (χ4n) is 1.92. The molecule has 0 bridgehead atoms. The number of ether oxygens (including phenoxy) is 1. The lowest BCUT2D eigenvalue weighted by Crippen LogP contribution is -2.21. The molecule has 0 aliphatic heterocycles. The number of amides is 1. The summed E-state index contributed by atoms with van der Waals surface area (Å²) in [4.78, 5) is 23.0. The monoisotopic (exact) mass is 353 g/mol. The second-order valence-electron chi connectivity index (χ2n) is 4.69. The first kappa shape index (κ1) is 17.1. The van der Waals surface area contributed by atoms with E-state index in [4.69, 9.17) is 33.0 Å². The summed E-state index contributed by atoms with van der Waals surface area (Å²) < 4.78 is 5.32. The predicted molar refractivity (Wildman–Crippen MR) is 88.7 cm³/mol. The number of nitrogens with one attached hydrogen (secondary N) is 1. The number of anilines is 1. The van der Waals surface area contributed by atoms with Gasteiger partial charge in [0.05, 0.1) is 10.6 Å². The van der Waals surface area contributed by atoms with Gasteiger partial charge in [-0.05, 0) is 42.8 Å². The van der Waals surface area contributed by atoms with Crippen molar-refractivity contribution in [1.82, 2.24) is 0 Å². The van der Waals surface area contributed by atoms with Gasteiger partial charge in [0, 0.05) is 10.7 Å². The summed E-state index contributed by atoms with van der Waals surface area (Å²) in [6.07, 6.45) is 0. The maximum Gasteiger partial charge on any atom is 0.336 e. The molecule has 0 atom stereocenters. The Morgan fingerprint density at radius 2 is 1.96 bits per heavy atom. The Morgan fingerprint density at radius 1 is 1.22 bits per heavy atom. The number of rotatable bonds is 5. The number of carbonyl (C=O) groups is 2. The van der Waals surface area contributed by atoms with Crippen molar-refractivity contribution in [2.75, 3.05) is 11.9 Å². The van der Waals surface area contributed by atoms with Crippen LogP contribution in [-0.2, 0) is 4.79 Å². The summed E-state index contributed by atoms with van der Waals surface area (Å²) in [6, 6.07) is 9.32. The molecular formula is C16H13Cl2NO4. The summed E-state index contributed by atoms with van der Waals surface area (Å²) in [5, 5.41) is 12.4. The third-order valence-electron chi connectivity index (χ3n) is 3.09. The van der Waals surface area contributed by atoms with E-state index in [1.54, 1.807) is 31.2 Å². The van der Waals surface area contributed by atoms with Crippen molar-refractivity contribution in [3.8, 4) is 5.75 Å². The molecule has 120 valence electrons. The van der Waals surface area contributed by atoms with Gasteiger partial charge in [-0.1, -0.05) is 29.3 Å². The van der Waals surface area contributed by atoms with E-state index in [9.17, 15) is 9.59 Å². The van der Waals surface area contributed by atoms with E-state index in [-0.39, 0.29) is 12.2 Å². The fraction of sp³-hybridized carbons (Fsp3) is 0.125. The van der Waals surface area contributed by atoms with Crippen molar-refractivity contribution in [3.63, 3.8) is 0 Å². The molecular weight excluding hydrogens is 341 g/mol. The molecule has 2 rings (SSSR count). The summed E-state index contributed by atoms with van der Waals surface area (Å²) in [5.74, 6) is -1.15. The molecule has 2 N–H and O–H groups in total. The van der Waals surface area contributed by atoms with Crippen molar-refractivity contribution in [2.45, 2.75) is 6.92 Å². The number of hydrogen-bond acceptors (Lipinski definition) is 3. The second kappa shape index (κ2) is 7.35. The average Bonchev–Trinajstić information content (AvgIpc) is 2.48. The van der Waals surface area contributed by atoms with Crippen LogP contribution in [0.4, 0.5) is 5.69 Å². The molecule has 0 heterocycles. The van der Waals surface area contributed by atoms with Gasteiger partial charge < -0.3 is 15.2 Å². The van der Waals surface area contributed by atoms with E-state index < -0.39 is 11.9 Å². The molecule has 0 aliphatic carbocycles. The molecule has 0 fully saturated rings. The van der Waals surface area contributed by atoms with Gasteiger partial charge in [0.1, 0.15) is 5.75 Å². The third kappa shape index (κ3) is 4.37. The topological polar surface area (TPSA) is 75.6 Å². The largest absolute Gasteiger partial charge is 0.482 e. The van der Waals surface area contributed by atoms with Gasteiger partial charge in [-0.2, -0.15) is 0 Å². The van der Waals surface area contributed by atoms with Crippen LogP contribution < -0.4 is 10.1 Å². The third-order valence-corrected chi connectivity index (χ3v) is 3.62. The standard InChI is InChI=1S/C16H13Cl2NO4/c1-9-11(16(21)22)3-2-4-13(9)19-15(20)8-23-14-6-5-10(17)7-12(14)18/h2-7H,8H2,1H3,(H,19,20)(H,21,22). The number of benzene rings is 2. The maximum atomic E-state index is 11.9. The van der Waals surface area contributed by atoms with Crippen LogP contribution in [-0.4, -0.2) is 23.6 Å². The molecule has 0 saturated heterocycles. The van der Waals surface area contributed by atoms with Crippen molar-refractivity contribution in [3.05, 3.63) is 57.6 Å². The van der Waals surface area contributed by atoms with Gasteiger partial charge >= 0.3 is 5.97 Å². The summed E-state index contributed by atoms with van der Waals surface area (Å²) >= 11 is 11.7. The Bertz CT molecular complexity index is 762. The molecule has 2 aromatic rings. The first-order chi connectivity index (χ1) is 10.9. The van der Waals surface area contributed by atoms with E-state index in [2.05, 4.69) is 5.32 Å². The Labute approximate surface area is 142 Å². The summed E-state index contributed by atoms with van der Waals surface area (Å²) in [7, 11) is 0. The van der Waals surface area contributed by atoms with Crippen LogP contribution in [0, 0.1) is 6.92 Å². The zero-order valence-electron chi connectivity index (χ0n) is 12.1. The number of hydrogen-bond donors (Lipinski definition) is 2. The molecule has 0 radical (unpaired) electrons. The van der Waals surface area contributed by atoms with E-state index in [1.807, 2.05) is 0 Å². The predicted octanol–water partition coefficient (Wildman–Crippen LogP) is 4.02. The van der Waals surface area contributed by atoms with Crippen molar-refractivity contribution in [2.24, 2.45) is 0 Å². The minimum Gasteiger partial charge on any atom is -0.482 e. The van der Waals surface area contributed by atoms with Crippen molar-refractivity contribution in [1.29, 1.82) is 0 Å². The molecule has 0 unspecified atom stereocenters. The molecule has 0 aliphatic rings. The van der Waals surface area contributed by atoms with Crippen molar-refractivity contribution < 1.29 is 19.4 Å². The second-order valence-corrected chi connectivity index (χ2v) is 5.54. The number of carbonyl (C=O) groups excluding carboxylic acids is 1. The first-order valence-corrected chi connectivity index (χ1v) is 7.34. The van der Waals surface area contributed by atoms with Crippen LogP contribution in [0.15, 0.2) is 36.4 Å². The molecule has 0 aromatic heterocycles. The number of carboxylic acid groups (broad SMARTS) is 1. The number of carboxylic acids is 1. The van der Waals surface area contributed by atoms with Gasteiger partial charge in [-0.25, -0.2) is 4.79 Å². The first-order valence-electron chi connectivity index (χ1n) is 6.59. The molecule has 5 nitrogen and oxygen atoms in total. The Hall–Kier alpha value is -2.24. The lowest BCUT2D eigenvalue weighted by molar-refractivity contribution is -0.118. The van der Waals surface area contributed by atoms with E-state index in [0.29, 0.717) is 27.0 Å². The molecule has 0 saturated carbocycles. The highest BCUT2D eigenvalue weighted by Crippen LogP contribution is 2.27. The van der Waals surface area contributed by atoms with Crippen LogP contribution in [0.1, 0.15) is 15.9 Å². The van der Waals surface area contributed by atoms with E-state index in [1.165, 1.54) is 12.1 Å². The van der Waals surface area contributed by atoms with Crippen LogP contribution in [0.25, 0.3) is 0 Å². The molecule has 1 amide bonds. The highest BCUT2D eigenvalue weighted by molar-refractivity contribution is 6.35. The normalized spacial score (nSPS) is 10.2. The number of halogens is 2. The summed E-state index contributed by atoms with van der Waals surface area (Å²) in [5.41, 5.74) is 1.02. The lowest BCUT2D eigenvalue weighted by atomic mass is 10.1. The summed E-state index contributed by atoms with van der Waals surface area (Å²) in [6.45, 7) is 1.36. The Kier molecular flexibility index (Phi) is 5.47. The minimum atomic E-state index is -1.05. The van der Waals surface area contributed by atoms with Gasteiger partial charge in [-0.3, -0.25) is 4.79 Å². The smallest absolute Gasteiger partial charge is 0.336 e. The molecule has 7 heteroatoms. The van der Waals surface area contributed by atoms with Crippen LogP contribution >= 0.6 is 23.2 Å². The Morgan fingerprint density at radius 3 is 2.61 bits per heavy atom. The maximum absolute atomic E-state index is 11.9. The van der Waals surface area contributed by atoms with Crippen LogP contribution in [0.2, 0.25) is 10.0 Å². The van der Waals surface area contributed by atoms with Gasteiger partial charge in [-0.15, -0.1) is 0 Å². The number of aromatic carboxylic acids is 1. The highest BCUT2D eigenvalue weighted by Gasteiger charge is 2.12. The average molecular weight is 354 g/mol. The van der Waals surface area contributed by atoms with Crippen LogP contribution in [0.3, 0.4) is 0 Å². The molecule has 0 spiro atoms. The van der Waals surface area contributed by atoms with Gasteiger partial charge in [0.15, 0.2) is 6.61 Å². The fourth-order valence-corrected chi connectivity index (χ4v) is 2.39. The zero-order chi connectivity index (χ0) is 17.0.